The summed E-state index contributed by atoms with van der Waals surface area (Å²) in [6.07, 6.45) is 0.215. The van der Waals surface area contributed by atoms with Crippen LogP contribution in [0.5, 0.6) is 0 Å². The predicted octanol–water partition coefficient (Wildman–Crippen LogP) is 0.537. The Labute approximate surface area is 114 Å². The highest BCUT2D eigenvalue weighted by Crippen LogP contribution is 2.27. The van der Waals surface area contributed by atoms with Crippen molar-refractivity contribution in [2.45, 2.75) is 30.9 Å². The van der Waals surface area contributed by atoms with Gasteiger partial charge in [-0.1, -0.05) is 18.2 Å². The van der Waals surface area contributed by atoms with E-state index in [1.165, 1.54) is 4.31 Å². The molecule has 0 amide bonds. The lowest BCUT2D eigenvalue weighted by molar-refractivity contribution is 0.133. The molecule has 1 aromatic rings. The largest absolute Gasteiger partial charge is 0.393 e. The molecule has 0 aliphatic carbocycles. The van der Waals surface area contributed by atoms with Gasteiger partial charge >= 0.3 is 0 Å². The Morgan fingerprint density at radius 3 is 2.74 bits per heavy atom. The normalized spacial score (nSPS) is 22.6. The first-order valence-corrected chi connectivity index (χ1v) is 7.87. The molecule has 0 bridgehead atoms. The molecule has 2 rings (SSSR count). The standard InChI is InChI=1S/C13H20N2O3S/c1-10(16)12-6-7-15(9-12)19(17,18)13-5-3-2-4-11(13)8-14/h2-5,10,12,16H,6-9,14H2,1H3. The maximum atomic E-state index is 12.6. The number of hydrogen-bond acceptors (Lipinski definition) is 4. The molecule has 0 radical (unpaired) electrons. The van der Waals surface area contributed by atoms with Crippen LogP contribution in [-0.2, 0) is 16.6 Å². The second-order valence-corrected chi connectivity index (χ2v) is 6.87. The fourth-order valence-electron chi connectivity index (χ4n) is 2.43. The van der Waals surface area contributed by atoms with Crippen LogP contribution < -0.4 is 5.73 Å². The van der Waals surface area contributed by atoms with Gasteiger partial charge in [-0.15, -0.1) is 0 Å². The van der Waals surface area contributed by atoms with E-state index in [0.29, 0.717) is 25.1 Å². The van der Waals surface area contributed by atoms with Gasteiger partial charge in [0.25, 0.3) is 0 Å². The van der Waals surface area contributed by atoms with Gasteiger partial charge in [-0.05, 0) is 30.9 Å². The Bertz CT molecular complexity index is 543. The molecule has 19 heavy (non-hydrogen) atoms. The highest BCUT2D eigenvalue weighted by Gasteiger charge is 2.35. The molecule has 2 unspecified atom stereocenters. The third-order valence-corrected chi connectivity index (χ3v) is 5.65. The summed E-state index contributed by atoms with van der Waals surface area (Å²) in [5.74, 6) is 0.0137. The summed E-state index contributed by atoms with van der Waals surface area (Å²) in [6.45, 7) is 2.73. The van der Waals surface area contributed by atoms with E-state index in [4.69, 9.17) is 5.73 Å². The van der Waals surface area contributed by atoms with Crippen molar-refractivity contribution in [3.8, 4) is 0 Å². The molecule has 1 heterocycles. The highest BCUT2D eigenvalue weighted by atomic mass is 32.2. The van der Waals surface area contributed by atoms with Crippen molar-refractivity contribution in [1.82, 2.24) is 4.31 Å². The Morgan fingerprint density at radius 1 is 1.47 bits per heavy atom. The molecule has 0 spiro atoms. The lowest BCUT2D eigenvalue weighted by Gasteiger charge is -2.19. The second kappa shape index (κ2) is 5.58. The van der Waals surface area contributed by atoms with E-state index in [2.05, 4.69) is 0 Å². The number of benzene rings is 1. The van der Waals surface area contributed by atoms with Gasteiger partial charge in [-0.25, -0.2) is 8.42 Å². The van der Waals surface area contributed by atoms with Crippen molar-refractivity contribution in [2.75, 3.05) is 13.1 Å². The fraction of sp³-hybridized carbons (Fsp3) is 0.538. The quantitative estimate of drug-likeness (QED) is 0.845. The Hall–Kier alpha value is -0.950. The second-order valence-electron chi connectivity index (χ2n) is 4.96. The van der Waals surface area contributed by atoms with Gasteiger partial charge in [-0.3, -0.25) is 0 Å². The van der Waals surface area contributed by atoms with Crippen LogP contribution in [0.1, 0.15) is 18.9 Å². The average molecular weight is 284 g/mol. The number of nitrogens with two attached hydrogens (primary N) is 1. The number of aliphatic hydroxyl groups is 1. The van der Waals surface area contributed by atoms with Gasteiger partial charge in [0.05, 0.1) is 11.0 Å². The molecule has 6 heteroatoms. The zero-order valence-electron chi connectivity index (χ0n) is 11.0. The van der Waals surface area contributed by atoms with Crippen LogP contribution in [0.15, 0.2) is 29.2 Å². The van der Waals surface area contributed by atoms with E-state index in [9.17, 15) is 13.5 Å². The first-order chi connectivity index (χ1) is 8.96. The zero-order valence-corrected chi connectivity index (χ0v) is 11.8. The summed E-state index contributed by atoms with van der Waals surface area (Å²) < 4.78 is 26.6. The predicted molar refractivity (Wildman–Crippen MR) is 72.9 cm³/mol. The number of sulfonamides is 1. The Kier molecular flexibility index (Phi) is 4.25. The first-order valence-electron chi connectivity index (χ1n) is 6.43. The SMILES string of the molecule is CC(O)C1CCN(S(=O)(=O)c2ccccc2CN)C1. The van der Waals surface area contributed by atoms with E-state index in [1.54, 1.807) is 31.2 Å². The minimum atomic E-state index is -3.51. The van der Waals surface area contributed by atoms with Crippen LogP contribution in [0.25, 0.3) is 0 Å². The van der Waals surface area contributed by atoms with Crippen molar-refractivity contribution in [3.05, 3.63) is 29.8 Å². The third kappa shape index (κ3) is 2.81. The Balaban J connectivity index is 2.29. The summed E-state index contributed by atoms with van der Waals surface area (Å²) in [4.78, 5) is 0.281. The zero-order chi connectivity index (χ0) is 14.0. The van der Waals surface area contributed by atoms with Gasteiger partial charge in [-0.2, -0.15) is 4.31 Å². The van der Waals surface area contributed by atoms with Crippen molar-refractivity contribution < 1.29 is 13.5 Å². The lowest BCUT2D eigenvalue weighted by atomic mass is 10.0. The van der Waals surface area contributed by atoms with E-state index in [0.717, 1.165) is 0 Å². The highest BCUT2D eigenvalue weighted by molar-refractivity contribution is 7.89. The molecule has 1 saturated heterocycles. The molecule has 0 saturated carbocycles. The summed E-state index contributed by atoms with van der Waals surface area (Å²) >= 11 is 0. The minimum Gasteiger partial charge on any atom is -0.393 e. The molecular weight excluding hydrogens is 264 g/mol. The van der Waals surface area contributed by atoms with Crippen molar-refractivity contribution in [2.24, 2.45) is 11.7 Å². The molecule has 5 nitrogen and oxygen atoms in total. The molecule has 106 valence electrons. The van der Waals surface area contributed by atoms with E-state index in [1.807, 2.05) is 0 Å². The number of hydrogen-bond donors (Lipinski definition) is 2. The van der Waals surface area contributed by atoms with Gasteiger partial charge in [0, 0.05) is 19.6 Å². The molecular formula is C13H20N2O3S. The van der Waals surface area contributed by atoms with Crippen molar-refractivity contribution >= 4 is 10.0 Å². The molecule has 1 aliphatic heterocycles. The molecule has 1 fully saturated rings. The van der Waals surface area contributed by atoms with Gasteiger partial charge in [0.15, 0.2) is 0 Å². The molecule has 1 aromatic carbocycles. The van der Waals surface area contributed by atoms with Gasteiger partial charge in [0.2, 0.25) is 10.0 Å². The summed E-state index contributed by atoms with van der Waals surface area (Å²) in [5.41, 5.74) is 6.23. The van der Waals surface area contributed by atoms with E-state index in [-0.39, 0.29) is 17.4 Å². The minimum absolute atomic E-state index is 0.0137. The number of aliphatic hydroxyl groups excluding tert-OH is 1. The lowest BCUT2D eigenvalue weighted by Crippen LogP contribution is -2.31. The monoisotopic (exact) mass is 284 g/mol. The van der Waals surface area contributed by atoms with Crippen LogP contribution in [0.4, 0.5) is 0 Å². The van der Waals surface area contributed by atoms with E-state index < -0.39 is 16.1 Å². The van der Waals surface area contributed by atoms with Gasteiger partial charge in [0.1, 0.15) is 0 Å². The average Bonchev–Trinajstić information content (AvgIpc) is 2.89. The summed E-state index contributed by atoms with van der Waals surface area (Å²) in [5, 5.41) is 9.57. The van der Waals surface area contributed by atoms with Crippen LogP contribution in [0, 0.1) is 5.92 Å². The molecule has 1 aliphatic rings. The summed E-state index contributed by atoms with van der Waals surface area (Å²) in [6, 6.07) is 6.81. The summed E-state index contributed by atoms with van der Waals surface area (Å²) in [7, 11) is -3.51. The number of rotatable bonds is 4. The van der Waals surface area contributed by atoms with Crippen molar-refractivity contribution in [3.63, 3.8) is 0 Å². The number of nitrogens with zero attached hydrogens (tertiary/aromatic N) is 1. The Morgan fingerprint density at radius 2 is 2.16 bits per heavy atom. The maximum Gasteiger partial charge on any atom is 0.243 e. The third-order valence-electron chi connectivity index (χ3n) is 3.68. The van der Waals surface area contributed by atoms with Gasteiger partial charge < -0.3 is 10.8 Å². The maximum absolute atomic E-state index is 12.6. The molecule has 3 N–H and O–H groups in total. The topological polar surface area (TPSA) is 83.6 Å². The first kappa shape index (κ1) is 14.5. The van der Waals surface area contributed by atoms with Crippen LogP contribution in [0.3, 0.4) is 0 Å². The van der Waals surface area contributed by atoms with Crippen LogP contribution >= 0.6 is 0 Å². The van der Waals surface area contributed by atoms with Crippen LogP contribution in [0.2, 0.25) is 0 Å². The molecule has 0 aromatic heterocycles. The van der Waals surface area contributed by atoms with Crippen molar-refractivity contribution in [1.29, 1.82) is 0 Å². The van der Waals surface area contributed by atoms with Crippen LogP contribution in [-0.4, -0.2) is 37.0 Å². The van der Waals surface area contributed by atoms with E-state index >= 15 is 0 Å². The smallest absolute Gasteiger partial charge is 0.243 e. The fourth-order valence-corrected chi connectivity index (χ4v) is 4.17. The molecule has 2 atom stereocenters.